The number of hydrogen-bond donors (Lipinski definition) is 2. The number of nitrogens with two attached hydrogens (primary N) is 1. The summed E-state index contributed by atoms with van der Waals surface area (Å²) in [5, 5.41) is 10.4. The number of nitrogens with zero attached hydrogens (tertiary/aromatic N) is 7. The topological polar surface area (TPSA) is 135 Å². The van der Waals surface area contributed by atoms with Crippen molar-refractivity contribution in [1.29, 1.82) is 0 Å². The van der Waals surface area contributed by atoms with E-state index in [1.807, 2.05) is 52.7 Å². The molecule has 0 saturated carbocycles. The van der Waals surface area contributed by atoms with Crippen LogP contribution in [0, 0.1) is 0 Å². The van der Waals surface area contributed by atoms with E-state index in [2.05, 4.69) is 20.5 Å². The number of rotatable bonds is 7. The maximum Gasteiger partial charge on any atom is 0.256 e. The van der Waals surface area contributed by atoms with E-state index in [-0.39, 0.29) is 17.9 Å². The van der Waals surface area contributed by atoms with Crippen molar-refractivity contribution in [1.82, 2.24) is 34.4 Å². The number of fused-ring (bicyclic) bond motifs is 1. The minimum Gasteiger partial charge on any atom is -0.382 e. The molecule has 11 nitrogen and oxygen atoms in total. The molecule has 39 heavy (non-hydrogen) atoms. The van der Waals surface area contributed by atoms with E-state index in [1.165, 1.54) is 0 Å². The van der Waals surface area contributed by atoms with Crippen molar-refractivity contribution >= 4 is 29.0 Å². The highest BCUT2D eigenvalue weighted by Gasteiger charge is 2.31. The molecule has 1 unspecified atom stereocenters. The van der Waals surface area contributed by atoms with Gasteiger partial charge in [-0.3, -0.25) is 14.0 Å². The molecule has 3 aromatic heterocycles. The highest BCUT2D eigenvalue weighted by Crippen LogP contribution is 2.36. The third-order valence-electron chi connectivity index (χ3n) is 6.66. The zero-order valence-electron chi connectivity index (χ0n) is 22.0. The number of nitrogens with one attached hydrogen (secondary N) is 1. The Kier molecular flexibility index (Phi) is 7.60. The standard InChI is InChI=1S/C28H31N9O2/c1-35(2)16-6-9-23(38)36-17-4-3-7-21(36)27-33-24(25-26(29)30-15-18-37(25)27)19-10-12-20(13-11-19)28(39)32-22-8-5-14-31-34-22/h5-6,8-15,18,21H,3-4,7,16-17H2,1-2H3,(H2,29,30)(H,32,34,39). The smallest absolute Gasteiger partial charge is 0.256 e. The Morgan fingerprint density at radius 3 is 2.72 bits per heavy atom. The molecular formula is C28H31N9O2. The van der Waals surface area contributed by atoms with Gasteiger partial charge < -0.3 is 20.9 Å². The zero-order valence-corrected chi connectivity index (χ0v) is 22.0. The molecule has 1 aromatic carbocycles. The zero-order chi connectivity index (χ0) is 27.4. The van der Waals surface area contributed by atoms with E-state index in [9.17, 15) is 9.59 Å². The second-order valence-corrected chi connectivity index (χ2v) is 9.70. The van der Waals surface area contributed by atoms with Gasteiger partial charge in [-0.25, -0.2) is 9.97 Å². The second-order valence-electron chi connectivity index (χ2n) is 9.70. The van der Waals surface area contributed by atoms with E-state index in [0.717, 1.165) is 30.7 Å². The molecule has 0 aliphatic carbocycles. The predicted molar refractivity (Wildman–Crippen MR) is 149 cm³/mol. The van der Waals surface area contributed by atoms with E-state index < -0.39 is 0 Å². The minimum atomic E-state index is -0.294. The number of benzene rings is 1. The van der Waals surface area contributed by atoms with Gasteiger partial charge >= 0.3 is 0 Å². The molecule has 3 N–H and O–H groups in total. The Hall–Kier alpha value is -4.64. The van der Waals surface area contributed by atoms with Gasteiger partial charge in [0.15, 0.2) is 5.82 Å². The Morgan fingerprint density at radius 1 is 1.15 bits per heavy atom. The SMILES string of the molecule is CN(C)CC=CC(=O)N1CCCCC1c1nc(-c2ccc(C(=O)Nc3cccnn3)cc2)c2c(N)nccn12. The fourth-order valence-electron chi connectivity index (χ4n) is 4.78. The van der Waals surface area contributed by atoms with Gasteiger partial charge in [-0.2, -0.15) is 5.10 Å². The number of carbonyl (C=O) groups is 2. The average molecular weight is 526 g/mol. The number of imidazole rings is 1. The highest BCUT2D eigenvalue weighted by molar-refractivity contribution is 6.04. The molecule has 1 atom stereocenters. The monoisotopic (exact) mass is 525 g/mol. The molecule has 1 fully saturated rings. The number of anilines is 2. The van der Waals surface area contributed by atoms with Crippen LogP contribution in [0.4, 0.5) is 11.6 Å². The minimum absolute atomic E-state index is 0.0275. The van der Waals surface area contributed by atoms with E-state index >= 15 is 0 Å². The van der Waals surface area contributed by atoms with Gasteiger partial charge in [0.2, 0.25) is 5.91 Å². The summed E-state index contributed by atoms with van der Waals surface area (Å²) in [4.78, 5) is 39.1. The van der Waals surface area contributed by atoms with Crippen molar-refractivity contribution in [3.63, 3.8) is 0 Å². The van der Waals surface area contributed by atoms with Crippen LogP contribution in [0.5, 0.6) is 0 Å². The van der Waals surface area contributed by atoms with Crippen LogP contribution in [0.3, 0.4) is 0 Å². The van der Waals surface area contributed by atoms with Crippen LogP contribution in [0.15, 0.2) is 67.1 Å². The first-order valence-corrected chi connectivity index (χ1v) is 12.9. The molecule has 1 aliphatic heterocycles. The van der Waals surface area contributed by atoms with Crippen molar-refractivity contribution in [2.24, 2.45) is 0 Å². The first-order chi connectivity index (χ1) is 18.9. The molecule has 200 valence electrons. The van der Waals surface area contributed by atoms with E-state index in [4.69, 9.17) is 10.7 Å². The summed E-state index contributed by atoms with van der Waals surface area (Å²) < 4.78 is 1.94. The van der Waals surface area contributed by atoms with Gasteiger partial charge in [0, 0.05) is 48.9 Å². The Bertz CT molecular complexity index is 1500. The van der Waals surface area contributed by atoms with Crippen LogP contribution < -0.4 is 11.1 Å². The van der Waals surface area contributed by atoms with Crippen LogP contribution in [0.1, 0.15) is 41.5 Å². The molecule has 11 heteroatoms. The van der Waals surface area contributed by atoms with Crippen LogP contribution in [0.2, 0.25) is 0 Å². The van der Waals surface area contributed by atoms with Crippen molar-refractivity contribution in [3.05, 3.63) is 78.5 Å². The van der Waals surface area contributed by atoms with Gasteiger partial charge in [-0.15, -0.1) is 5.10 Å². The van der Waals surface area contributed by atoms with Crippen molar-refractivity contribution in [3.8, 4) is 11.3 Å². The summed E-state index contributed by atoms with van der Waals surface area (Å²) in [5.74, 6) is 1.14. The van der Waals surface area contributed by atoms with Crippen LogP contribution >= 0.6 is 0 Å². The average Bonchev–Trinajstić information content (AvgIpc) is 3.34. The number of aromatic nitrogens is 5. The number of likely N-dealkylation sites (N-methyl/N-ethyl adjacent to an activating group) is 1. The van der Waals surface area contributed by atoms with Gasteiger partial charge in [-0.1, -0.05) is 18.2 Å². The summed E-state index contributed by atoms with van der Waals surface area (Å²) in [6.07, 6.45) is 11.3. The molecular weight excluding hydrogens is 494 g/mol. The number of amides is 2. The molecule has 5 rings (SSSR count). The lowest BCUT2D eigenvalue weighted by Crippen LogP contribution is -2.38. The lowest BCUT2D eigenvalue weighted by atomic mass is 10.0. The van der Waals surface area contributed by atoms with E-state index in [0.29, 0.717) is 41.5 Å². The van der Waals surface area contributed by atoms with Crippen molar-refractivity contribution < 1.29 is 9.59 Å². The third kappa shape index (κ3) is 5.63. The van der Waals surface area contributed by atoms with Gasteiger partial charge in [0.1, 0.15) is 22.9 Å². The molecule has 4 heterocycles. The first kappa shape index (κ1) is 26.0. The fraction of sp³-hybridized carbons (Fsp3) is 0.286. The maximum atomic E-state index is 13.2. The Balaban J connectivity index is 1.47. The quantitative estimate of drug-likeness (QED) is 0.351. The first-order valence-electron chi connectivity index (χ1n) is 12.9. The molecule has 1 aliphatic rings. The lowest BCUT2D eigenvalue weighted by molar-refractivity contribution is -0.130. The summed E-state index contributed by atoms with van der Waals surface area (Å²) in [5.41, 5.74) is 8.92. The molecule has 0 spiro atoms. The summed E-state index contributed by atoms with van der Waals surface area (Å²) in [6.45, 7) is 1.35. The number of piperidine rings is 1. The lowest BCUT2D eigenvalue weighted by Gasteiger charge is -2.34. The molecule has 0 radical (unpaired) electrons. The molecule has 2 amide bonds. The summed E-state index contributed by atoms with van der Waals surface area (Å²) >= 11 is 0. The summed E-state index contributed by atoms with van der Waals surface area (Å²) in [6, 6.07) is 10.3. The van der Waals surface area contributed by atoms with Crippen LogP contribution in [-0.2, 0) is 4.79 Å². The number of hydrogen-bond acceptors (Lipinski definition) is 8. The van der Waals surface area contributed by atoms with Crippen molar-refractivity contribution in [2.45, 2.75) is 25.3 Å². The van der Waals surface area contributed by atoms with Crippen LogP contribution in [-0.4, -0.2) is 73.4 Å². The van der Waals surface area contributed by atoms with E-state index in [1.54, 1.807) is 42.7 Å². The maximum absolute atomic E-state index is 13.2. The summed E-state index contributed by atoms with van der Waals surface area (Å²) in [7, 11) is 3.93. The van der Waals surface area contributed by atoms with Crippen molar-refractivity contribution in [2.75, 3.05) is 38.2 Å². The second kappa shape index (κ2) is 11.4. The van der Waals surface area contributed by atoms with Crippen LogP contribution in [0.25, 0.3) is 16.8 Å². The Morgan fingerprint density at radius 2 is 1.97 bits per heavy atom. The molecule has 0 bridgehead atoms. The largest absolute Gasteiger partial charge is 0.382 e. The van der Waals surface area contributed by atoms with Gasteiger partial charge in [-0.05, 0) is 57.6 Å². The molecule has 1 saturated heterocycles. The van der Waals surface area contributed by atoms with Gasteiger partial charge in [0.05, 0.1) is 6.04 Å². The number of likely N-dealkylation sites (tertiary alicyclic amines) is 1. The normalized spacial score (nSPS) is 15.8. The highest BCUT2D eigenvalue weighted by atomic mass is 16.2. The Labute approximate surface area is 226 Å². The third-order valence-corrected chi connectivity index (χ3v) is 6.66. The fourth-order valence-corrected chi connectivity index (χ4v) is 4.78. The van der Waals surface area contributed by atoms with Gasteiger partial charge in [0.25, 0.3) is 5.91 Å². The molecule has 4 aromatic rings. The number of nitrogen functional groups attached to an aromatic ring is 1. The predicted octanol–water partition coefficient (Wildman–Crippen LogP) is 3.19. The number of carbonyl (C=O) groups excluding carboxylic acids is 2.